The number of benzene rings is 1. The Hall–Kier alpha value is -2.89. The Bertz CT molecular complexity index is 966. The number of nitrogens with one attached hydrogen (secondary N) is 2. The van der Waals surface area contributed by atoms with Gasteiger partial charge in [0.15, 0.2) is 5.15 Å². The third-order valence-corrected chi connectivity index (χ3v) is 5.39. The number of pyridine rings is 1. The maximum Gasteiger partial charge on any atom is 0.573 e. The largest absolute Gasteiger partial charge is 0.573 e. The Balaban J connectivity index is 1.42. The zero-order valence-corrected chi connectivity index (χ0v) is 18.5. The third kappa shape index (κ3) is 7.58. The van der Waals surface area contributed by atoms with Crippen LogP contribution in [-0.2, 0) is 9.59 Å². The first-order valence-electron chi connectivity index (χ1n) is 10.1. The van der Waals surface area contributed by atoms with Gasteiger partial charge in [-0.15, -0.1) is 13.2 Å². The average Bonchev–Trinajstić information content (AvgIpc) is 2.75. The highest BCUT2D eigenvalue weighted by atomic mass is 35.5. The lowest BCUT2D eigenvalue weighted by molar-refractivity contribution is -0.274. The predicted molar refractivity (Wildman–Crippen MR) is 117 cm³/mol. The van der Waals surface area contributed by atoms with E-state index >= 15 is 0 Å². The van der Waals surface area contributed by atoms with E-state index in [1.165, 1.54) is 18.3 Å². The number of hydrogen-bond donors (Lipinski definition) is 2. The summed E-state index contributed by atoms with van der Waals surface area (Å²) in [5.41, 5.74) is 0.817. The molecule has 1 aliphatic heterocycles. The van der Waals surface area contributed by atoms with Gasteiger partial charge >= 0.3 is 6.36 Å². The molecule has 1 aromatic carbocycles. The number of rotatable bonds is 7. The topological polar surface area (TPSA) is 86.8 Å². The lowest BCUT2D eigenvalue weighted by atomic mass is 10.2. The summed E-state index contributed by atoms with van der Waals surface area (Å²) in [5, 5.41) is 5.64. The van der Waals surface area contributed by atoms with E-state index in [1.807, 2.05) is 9.80 Å². The zero-order valence-electron chi connectivity index (χ0n) is 17.7. The first-order valence-corrected chi connectivity index (χ1v) is 10.5. The molecule has 1 aliphatic rings. The van der Waals surface area contributed by atoms with Crippen LogP contribution in [0.3, 0.4) is 0 Å². The van der Waals surface area contributed by atoms with Gasteiger partial charge < -0.3 is 15.4 Å². The number of hydrogen-bond acceptors (Lipinski definition) is 6. The van der Waals surface area contributed by atoms with E-state index in [2.05, 4.69) is 20.4 Å². The quantitative estimate of drug-likeness (QED) is 0.586. The molecule has 12 heteroatoms. The molecule has 178 valence electrons. The number of piperazine rings is 1. The van der Waals surface area contributed by atoms with E-state index in [9.17, 15) is 22.8 Å². The fourth-order valence-corrected chi connectivity index (χ4v) is 3.50. The minimum Gasteiger partial charge on any atom is -0.406 e. The van der Waals surface area contributed by atoms with E-state index in [4.69, 9.17) is 11.6 Å². The summed E-state index contributed by atoms with van der Waals surface area (Å²) >= 11 is 5.98. The van der Waals surface area contributed by atoms with Crippen molar-refractivity contribution in [3.8, 4) is 5.75 Å². The van der Waals surface area contributed by atoms with Crippen molar-refractivity contribution < 1.29 is 27.5 Å². The molecule has 0 aliphatic carbocycles. The maximum atomic E-state index is 12.5. The Morgan fingerprint density at radius 3 is 2.39 bits per heavy atom. The summed E-state index contributed by atoms with van der Waals surface area (Å²) in [6, 6.07) is 7.90. The monoisotopic (exact) mass is 485 g/mol. The van der Waals surface area contributed by atoms with Crippen molar-refractivity contribution in [1.82, 2.24) is 14.8 Å². The van der Waals surface area contributed by atoms with Crippen LogP contribution < -0.4 is 15.4 Å². The number of alkyl halides is 3. The van der Waals surface area contributed by atoms with Crippen molar-refractivity contribution in [1.29, 1.82) is 0 Å². The van der Waals surface area contributed by atoms with Gasteiger partial charge in [0.2, 0.25) is 11.8 Å². The Morgan fingerprint density at radius 2 is 1.79 bits per heavy atom. The highest BCUT2D eigenvalue weighted by Crippen LogP contribution is 2.24. The van der Waals surface area contributed by atoms with Crippen LogP contribution in [-0.4, -0.2) is 71.7 Å². The number of amides is 2. The molecule has 1 aromatic heterocycles. The van der Waals surface area contributed by atoms with Gasteiger partial charge in [-0.2, -0.15) is 0 Å². The van der Waals surface area contributed by atoms with E-state index in [0.717, 1.165) is 12.1 Å². The second kappa shape index (κ2) is 10.8. The summed E-state index contributed by atoms with van der Waals surface area (Å²) in [6.07, 6.45) is -3.23. The molecule has 2 amide bonds. The van der Waals surface area contributed by atoms with Crippen molar-refractivity contribution >= 4 is 34.8 Å². The van der Waals surface area contributed by atoms with Crippen LogP contribution in [0.2, 0.25) is 5.15 Å². The Kier molecular flexibility index (Phi) is 8.11. The van der Waals surface area contributed by atoms with Crippen LogP contribution in [0.1, 0.15) is 6.92 Å². The van der Waals surface area contributed by atoms with Crippen molar-refractivity contribution in [2.24, 2.45) is 0 Å². The molecule has 2 N–H and O–H groups in total. The van der Waals surface area contributed by atoms with Crippen LogP contribution in [0.25, 0.3) is 0 Å². The molecule has 1 unspecified atom stereocenters. The molecule has 2 heterocycles. The van der Waals surface area contributed by atoms with Crippen LogP contribution in [0.15, 0.2) is 42.6 Å². The maximum absolute atomic E-state index is 12.5. The average molecular weight is 486 g/mol. The van der Waals surface area contributed by atoms with Crippen LogP contribution in [0.5, 0.6) is 5.75 Å². The van der Waals surface area contributed by atoms with E-state index in [0.29, 0.717) is 37.6 Å². The van der Waals surface area contributed by atoms with Crippen LogP contribution in [0, 0.1) is 0 Å². The SMILES string of the molecule is CC(C(=O)Nc1cccnc1Cl)N1CCN(CC(=O)Nc2ccc(OC(F)(F)F)cc2)CC1. The first kappa shape index (κ1) is 24.7. The molecular weight excluding hydrogens is 463 g/mol. The number of ether oxygens (including phenoxy) is 1. The van der Waals surface area contributed by atoms with Crippen molar-refractivity contribution in [3.05, 3.63) is 47.7 Å². The lowest BCUT2D eigenvalue weighted by Crippen LogP contribution is -2.53. The molecule has 1 fully saturated rings. The molecule has 0 bridgehead atoms. The number of anilines is 2. The fraction of sp³-hybridized carbons (Fsp3) is 0.381. The third-order valence-electron chi connectivity index (χ3n) is 5.09. The predicted octanol–water partition coefficient (Wildman–Crippen LogP) is 3.22. The smallest absolute Gasteiger partial charge is 0.406 e. The summed E-state index contributed by atoms with van der Waals surface area (Å²) in [6.45, 7) is 4.26. The summed E-state index contributed by atoms with van der Waals surface area (Å²) in [5.74, 6) is -0.848. The van der Waals surface area contributed by atoms with Crippen molar-refractivity contribution in [2.75, 3.05) is 43.4 Å². The number of carbonyl (C=O) groups is 2. The summed E-state index contributed by atoms with van der Waals surface area (Å²) in [7, 11) is 0. The van der Waals surface area contributed by atoms with E-state index < -0.39 is 12.4 Å². The van der Waals surface area contributed by atoms with Gasteiger partial charge in [0.1, 0.15) is 5.75 Å². The fourth-order valence-electron chi connectivity index (χ4n) is 3.33. The molecule has 8 nitrogen and oxygen atoms in total. The zero-order chi connectivity index (χ0) is 24.0. The van der Waals surface area contributed by atoms with Gasteiger partial charge in [0.25, 0.3) is 0 Å². The second-order valence-corrected chi connectivity index (χ2v) is 7.80. The van der Waals surface area contributed by atoms with Crippen molar-refractivity contribution in [2.45, 2.75) is 19.3 Å². The Labute approximate surface area is 193 Å². The molecule has 0 saturated carbocycles. The molecular formula is C21H23ClF3N5O3. The highest BCUT2D eigenvalue weighted by Gasteiger charge is 2.31. The number of nitrogens with zero attached hydrogens (tertiary/aromatic N) is 3. The van der Waals surface area contributed by atoms with Gasteiger partial charge in [0.05, 0.1) is 18.3 Å². The summed E-state index contributed by atoms with van der Waals surface area (Å²) < 4.78 is 40.5. The van der Waals surface area contributed by atoms with Gasteiger partial charge in [-0.25, -0.2) is 4.98 Å². The van der Waals surface area contributed by atoms with Gasteiger partial charge in [0, 0.05) is 38.1 Å². The minimum absolute atomic E-state index is 0.126. The highest BCUT2D eigenvalue weighted by molar-refractivity contribution is 6.32. The van der Waals surface area contributed by atoms with Crippen molar-refractivity contribution in [3.63, 3.8) is 0 Å². The minimum atomic E-state index is -4.77. The van der Waals surface area contributed by atoms with Gasteiger partial charge in [-0.05, 0) is 43.3 Å². The first-order chi connectivity index (χ1) is 15.6. The van der Waals surface area contributed by atoms with Crippen LogP contribution >= 0.6 is 11.6 Å². The van der Waals surface area contributed by atoms with Crippen LogP contribution in [0.4, 0.5) is 24.5 Å². The molecule has 3 rings (SSSR count). The summed E-state index contributed by atoms with van der Waals surface area (Å²) in [4.78, 5) is 32.7. The number of halogens is 4. The molecule has 2 aromatic rings. The normalized spacial score (nSPS) is 16.2. The van der Waals surface area contributed by atoms with E-state index in [1.54, 1.807) is 19.1 Å². The molecule has 33 heavy (non-hydrogen) atoms. The van der Waals surface area contributed by atoms with E-state index in [-0.39, 0.29) is 29.3 Å². The standard InChI is InChI=1S/C21H23ClF3N5O3/c1-14(20(32)28-17-3-2-8-26-19(17)22)30-11-9-29(10-12-30)13-18(31)27-15-4-6-16(7-5-15)33-21(23,24)25/h2-8,14H,9-13H2,1H3,(H,27,31)(H,28,32). The molecule has 1 atom stereocenters. The van der Waals surface area contributed by atoms with Gasteiger partial charge in [-0.3, -0.25) is 19.4 Å². The van der Waals surface area contributed by atoms with Gasteiger partial charge in [-0.1, -0.05) is 11.6 Å². The molecule has 0 spiro atoms. The lowest BCUT2D eigenvalue weighted by Gasteiger charge is -2.37. The number of aromatic nitrogens is 1. The molecule has 1 saturated heterocycles. The number of carbonyl (C=O) groups excluding carboxylic acids is 2. The Morgan fingerprint density at radius 1 is 1.12 bits per heavy atom. The second-order valence-electron chi connectivity index (χ2n) is 7.44. The molecule has 0 radical (unpaired) electrons.